The molecule has 2 aromatic rings. The molecule has 2 heterocycles. The molecule has 1 aliphatic rings. The molecule has 0 saturated carbocycles. The monoisotopic (exact) mass is 349 g/mol. The van der Waals surface area contributed by atoms with Crippen LogP contribution >= 0.6 is 11.6 Å². The number of anilines is 1. The Kier molecular flexibility index (Phi) is 5.27. The van der Waals surface area contributed by atoms with Crippen molar-refractivity contribution < 1.29 is 13.9 Å². The zero-order chi connectivity index (χ0) is 16.9. The van der Waals surface area contributed by atoms with Gasteiger partial charge in [0.2, 0.25) is 0 Å². The SMILES string of the molecule is O=C(NCc1ccc(N2CCOCC2)nc1)c1cc(Cl)ccc1F. The lowest BCUT2D eigenvalue weighted by Crippen LogP contribution is -2.36. The summed E-state index contributed by atoms with van der Waals surface area (Å²) in [5, 5.41) is 2.99. The number of morpholine rings is 1. The second kappa shape index (κ2) is 7.59. The Bertz CT molecular complexity index is 718. The van der Waals surface area contributed by atoms with Crippen molar-refractivity contribution in [3.05, 3.63) is 58.5 Å². The standard InChI is InChI=1S/C17H17ClFN3O2/c18-13-2-3-15(19)14(9-13)17(23)21-11-12-1-4-16(20-10-12)22-5-7-24-8-6-22/h1-4,9-10H,5-8,11H2,(H,21,23). The Hall–Kier alpha value is -2.18. The number of nitrogens with one attached hydrogen (secondary N) is 1. The van der Waals surface area contributed by atoms with Gasteiger partial charge in [-0.1, -0.05) is 17.7 Å². The molecule has 0 radical (unpaired) electrons. The quantitative estimate of drug-likeness (QED) is 0.922. The molecule has 5 nitrogen and oxygen atoms in total. The molecule has 1 aromatic heterocycles. The predicted octanol–water partition coefficient (Wildman–Crippen LogP) is 2.64. The fourth-order valence-corrected chi connectivity index (χ4v) is 2.62. The summed E-state index contributed by atoms with van der Waals surface area (Å²) >= 11 is 5.80. The second-order valence-electron chi connectivity index (χ2n) is 5.43. The van der Waals surface area contributed by atoms with Gasteiger partial charge in [-0.15, -0.1) is 0 Å². The minimum absolute atomic E-state index is 0.0691. The van der Waals surface area contributed by atoms with Crippen molar-refractivity contribution in [3.8, 4) is 0 Å². The van der Waals surface area contributed by atoms with E-state index in [-0.39, 0.29) is 12.1 Å². The second-order valence-corrected chi connectivity index (χ2v) is 5.87. The number of nitrogens with zero attached hydrogens (tertiary/aromatic N) is 2. The maximum absolute atomic E-state index is 13.7. The van der Waals surface area contributed by atoms with Crippen LogP contribution in [0.2, 0.25) is 5.02 Å². The van der Waals surface area contributed by atoms with E-state index in [1.165, 1.54) is 18.2 Å². The summed E-state index contributed by atoms with van der Waals surface area (Å²) in [5.41, 5.74) is 0.767. The van der Waals surface area contributed by atoms with Gasteiger partial charge >= 0.3 is 0 Å². The third kappa shape index (κ3) is 4.01. The molecule has 7 heteroatoms. The summed E-state index contributed by atoms with van der Waals surface area (Å²) < 4.78 is 19.0. The summed E-state index contributed by atoms with van der Waals surface area (Å²) in [4.78, 5) is 18.6. The Morgan fingerprint density at radius 3 is 2.79 bits per heavy atom. The first kappa shape index (κ1) is 16.7. The van der Waals surface area contributed by atoms with E-state index in [0.29, 0.717) is 18.2 Å². The number of carbonyl (C=O) groups excluding carboxylic acids is 1. The number of amides is 1. The zero-order valence-corrected chi connectivity index (χ0v) is 13.7. The van der Waals surface area contributed by atoms with Crippen molar-refractivity contribution in [1.82, 2.24) is 10.3 Å². The zero-order valence-electron chi connectivity index (χ0n) is 13.0. The average Bonchev–Trinajstić information content (AvgIpc) is 2.63. The largest absolute Gasteiger partial charge is 0.378 e. The molecule has 1 aliphatic heterocycles. The fraction of sp³-hybridized carbons (Fsp3) is 0.294. The first-order valence-electron chi connectivity index (χ1n) is 7.64. The van der Waals surface area contributed by atoms with Crippen LogP contribution in [0.5, 0.6) is 0 Å². The minimum atomic E-state index is -0.599. The molecule has 1 saturated heterocycles. The van der Waals surface area contributed by atoms with Crippen LogP contribution in [0.4, 0.5) is 10.2 Å². The molecule has 0 unspecified atom stereocenters. The summed E-state index contributed by atoms with van der Waals surface area (Å²) in [6, 6.07) is 7.70. The van der Waals surface area contributed by atoms with E-state index in [2.05, 4.69) is 15.2 Å². The number of rotatable bonds is 4. The molecule has 1 amide bonds. The fourth-order valence-electron chi connectivity index (χ4n) is 2.45. The number of hydrogen-bond donors (Lipinski definition) is 1. The van der Waals surface area contributed by atoms with E-state index in [0.717, 1.165) is 24.5 Å². The maximum atomic E-state index is 13.7. The number of ether oxygens (including phenoxy) is 1. The van der Waals surface area contributed by atoms with Crippen LogP contribution in [0.25, 0.3) is 0 Å². The Morgan fingerprint density at radius 2 is 2.08 bits per heavy atom. The van der Waals surface area contributed by atoms with Gasteiger partial charge in [-0.2, -0.15) is 0 Å². The molecule has 3 rings (SSSR count). The van der Waals surface area contributed by atoms with E-state index in [4.69, 9.17) is 16.3 Å². The molecule has 0 aliphatic carbocycles. The van der Waals surface area contributed by atoms with E-state index >= 15 is 0 Å². The number of pyridine rings is 1. The normalized spacial score (nSPS) is 14.5. The smallest absolute Gasteiger partial charge is 0.254 e. The first-order chi connectivity index (χ1) is 11.6. The molecule has 0 bridgehead atoms. The third-order valence-electron chi connectivity index (χ3n) is 3.77. The van der Waals surface area contributed by atoms with Crippen LogP contribution < -0.4 is 10.2 Å². The highest BCUT2D eigenvalue weighted by Crippen LogP contribution is 2.16. The van der Waals surface area contributed by atoms with Crippen molar-refractivity contribution in [2.45, 2.75) is 6.54 Å². The van der Waals surface area contributed by atoms with Crippen molar-refractivity contribution >= 4 is 23.3 Å². The van der Waals surface area contributed by atoms with Crippen LogP contribution in [-0.2, 0) is 11.3 Å². The van der Waals surface area contributed by atoms with Crippen LogP contribution in [0.1, 0.15) is 15.9 Å². The number of halogens is 2. The molecule has 24 heavy (non-hydrogen) atoms. The van der Waals surface area contributed by atoms with Gasteiger partial charge in [0.05, 0.1) is 18.8 Å². The minimum Gasteiger partial charge on any atom is -0.378 e. The molecule has 126 valence electrons. The van der Waals surface area contributed by atoms with Crippen LogP contribution in [0, 0.1) is 5.82 Å². The number of hydrogen-bond acceptors (Lipinski definition) is 4. The van der Waals surface area contributed by atoms with Crippen LogP contribution in [0.3, 0.4) is 0 Å². The van der Waals surface area contributed by atoms with Gasteiger partial charge in [0, 0.05) is 30.9 Å². The Balaban J connectivity index is 1.60. The number of aromatic nitrogens is 1. The lowest BCUT2D eigenvalue weighted by atomic mass is 10.2. The first-order valence-corrected chi connectivity index (χ1v) is 8.02. The van der Waals surface area contributed by atoms with Crippen LogP contribution in [-0.4, -0.2) is 37.2 Å². The summed E-state index contributed by atoms with van der Waals surface area (Å²) in [7, 11) is 0. The predicted molar refractivity (Wildman–Crippen MR) is 89.8 cm³/mol. The maximum Gasteiger partial charge on any atom is 0.254 e. The van der Waals surface area contributed by atoms with Crippen LogP contribution in [0.15, 0.2) is 36.5 Å². The number of carbonyl (C=O) groups is 1. The molecule has 0 spiro atoms. The molecule has 0 atom stereocenters. The van der Waals surface area contributed by atoms with Crippen molar-refractivity contribution in [3.63, 3.8) is 0 Å². The van der Waals surface area contributed by atoms with Crippen molar-refractivity contribution in [2.24, 2.45) is 0 Å². The Morgan fingerprint density at radius 1 is 1.29 bits per heavy atom. The topological polar surface area (TPSA) is 54.5 Å². The lowest BCUT2D eigenvalue weighted by Gasteiger charge is -2.27. The van der Waals surface area contributed by atoms with Crippen molar-refractivity contribution in [1.29, 1.82) is 0 Å². The molecular formula is C17H17ClFN3O2. The average molecular weight is 350 g/mol. The summed E-state index contributed by atoms with van der Waals surface area (Å²) in [5.74, 6) is -0.223. The van der Waals surface area contributed by atoms with E-state index in [9.17, 15) is 9.18 Å². The lowest BCUT2D eigenvalue weighted by molar-refractivity contribution is 0.0947. The summed E-state index contributed by atoms with van der Waals surface area (Å²) in [6.07, 6.45) is 1.71. The van der Waals surface area contributed by atoms with E-state index in [1.807, 2.05) is 12.1 Å². The van der Waals surface area contributed by atoms with Gasteiger partial charge in [-0.3, -0.25) is 4.79 Å². The Labute approximate surface area is 144 Å². The third-order valence-corrected chi connectivity index (χ3v) is 4.01. The van der Waals surface area contributed by atoms with E-state index in [1.54, 1.807) is 6.20 Å². The summed E-state index contributed by atoms with van der Waals surface area (Å²) in [6.45, 7) is 3.30. The molecule has 1 aromatic carbocycles. The molecule has 1 fully saturated rings. The van der Waals surface area contributed by atoms with Gasteiger partial charge in [0.1, 0.15) is 11.6 Å². The van der Waals surface area contributed by atoms with Crippen molar-refractivity contribution in [2.75, 3.05) is 31.2 Å². The molecular weight excluding hydrogens is 333 g/mol. The highest BCUT2D eigenvalue weighted by Gasteiger charge is 2.13. The highest BCUT2D eigenvalue weighted by atomic mass is 35.5. The highest BCUT2D eigenvalue weighted by molar-refractivity contribution is 6.31. The van der Waals surface area contributed by atoms with Gasteiger partial charge in [-0.25, -0.2) is 9.37 Å². The number of benzene rings is 1. The van der Waals surface area contributed by atoms with E-state index < -0.39 is 11.7 Å². The van der Waals surface area contributed by atoms with Gasteiger partial charge in [0.25, 0.3) is 5.91 Å². The van der Waals surface area contributed by atoms with Gasteiger partial charge in [0.15, 0.2) is 0 Å². The van der Waals surface area contributed by atoms with Gasteiger partial charge < -0.3 is 15.0 Å². The van der Waals surface area contributed by atoms with Gasteiger partial charge in [-0.05, 0) is 29.8 Å². The molecule has 1 N–H and O–H groups in total.